The van der Waals surface area contributed by atoms with Crippen LogP contribution in [-0.2, 0) is 0 Å². The van der Waals surface area contributed by atoms with Crippen LogP contribution in [-0.4, -0.2) is 16.0 Å². The molecule has 0 saturated heterocycles. The van der Waals surface area contributed by atoms with Crippen molar-refractivity contribution in [2.24, 2.45) is 17.3 Å². The fourth-order valence-electron chi connectivity index (χ4n) is 2.40. The summed E-state index contributed by atoms with van der Waals surface area (Å²) in [5.41, 5.74) is -0.103. The van der Waals surface area contributed by atoms with Crippen molar-refractivity contribution in [2.45, 2.75) is 51.0 Å². The molecule has 0 heterocycles. The van der Waals surface area contributed by atoms with E-state index in [1.807, 2.05) is 0 Å². The Bertz CT molecular complexity index is 194. The molecule has 1 aliphatic carbocycles. The zero-order valence-corrected chi connectivity index (χ0v) is 10.6. The lowest BCUT2D eigenvalue weighted by atomic mass is 9.68. The van der Waals surface area contributed by atoms with Gasteiger partial charge in [-0.2, -0.15) is 0 Å². The van der Waals surface area contributed by atoms with Crippen LogP contribution in [0.2, 0.25) is 0 Å². The molecule has 0 aromatic heterocycles. The standard InChI is InChI=1S/C11H20Cl2O/c1-7(2)8-4-5-11(3,10(12)13)6-9(8)14/h7-10,14H,4-6H2,1-3H3/t8-,9+,11+/m0/s1. The summed E-state index contributed by atoms with van der Waals surface area (Å²) in [5.74, 6) is 0.953. The van der Waals surface area contributed by atoms with Gasteiger partial charge in [0.15, 0.2) is 0 Å². The molecule has 0 amide bonds. The van der Waals surface area contributed by atoms with E-state index in [2.05, 4.69) is 20.8 Å². The molecular formula is C11H20Cl2O. The third-order valence-electron chi connectivity index (χ3n) is 3.60. The number of aliphatic hydroxyl groups excluding tert-OH is 1. The number of aliphatic hydroxyl groups is 1. The lowest BCUT2D eigenvalue weighted by molar-refractivity contribution is -0.00522. The molecule has 1 fully saturated rings. The minimum atomic E-state index is -0.370. The second-order valence-electron chi connectivity index (χ2n) is 5.17. The molecule has 1 N–H and O–H groups in total. The van der Waals surface area contributed by atoms with E-state index in [-0.39, 0.29) is 16.4 Å². The summed E-state index contributed by atoms with van der Waals surface area (Å²) >= 11 is 11.9. The molecule has 3 heteroatoms. The van der Waals surface area contributed by atoms with Gasteiger partial charge in [0.1, 0.15) is 4.84 Å². The lowest BCUT2D eigenvalue weighted by Gasteiger charge is -2.42. The maximum absolute atomic E-state index is 10.0. The first-order valence-electron chi connectivity index (χ1n) is 5.33. The third kappa shape index (κ3) is 2.56. The molecule has 0 bridgehead atoms. The molecule has 0 spiro atoms. The molecule has 14 heavy (non-hydrogen) atoms. The zero-order valence-electron chi connectivity index (χ0n) is 9.13. The van der Waals surface area contributed by atoms with Crippen LogP contribution < -0.4 is 0 Å². The predicted octanol–water partition coefficient (Wildman–Crippen LogP) is 3.61. The smallest absolute Gasteiger partial charge is 0.113 e. The predicted molar refractivity (Wildman–Crippen MR) is 61.8 cm³/mol. The largest absolute Gasteiger partial charge is 0.393 e. The molecule has 1 aliphatic rings. The van der Waals surface area contributed by atoms with Crippen molar-refractivity contribution in [1.82, 2.24) is 0 Å². The molecule has 0 aromatic rings. The van der Waals surface area contributed by atoms with Gasteiger partial charge in [-0.25, -0.2) is 0 Å². The minimum absolute atomic E-state index is 0.103. The monoisotopic (exact) mass is 238 g/mol. The van der Waals surface area contributed by atoms with E-state index < -0.39 is 0 Å². The number of hydrogen-bond acceptors (Lipinski definition) is 1. The Morgan fingerprint density at radius 1 is 1.36 bits per heavy atom. The summed E-state index contributed by atoms with van der Waals surface area (Å²) in [5, 5.41) is 10.0. The Morgan fingerprint density at radius 2 is 1.93 bits per heavy atom. The summed E-state index contributed by atoms with van der Waals surface area (Å²) in [6.07, 6.45) is 2.54. The summed E-state index contributed by atoms with van der Waals surface area (Å²) in [6.45, 7) is 6.39. The average molecular weight is 239 g/mol. The molecule has 0 aromatic carbocycles. The Morgan fingerprint density at radius 3 is 2.29 bits per heavy atom. The fraction of sp³-hybridized carbons (Fsp3) is 1.00. The van der Waals surface area contributed by atoms with E-state index in [9.17, 15) is 5.11 Å². The van der Waals surface area contributed by atoms with Crippen molar-refractivity contribution in [3.05, 3.63) is 0 Å². The molecule has 1 nitrogen and oxygen atoms in total. The number of alkyl halides is 2. The molecule has 0 radical (unpaired) electrons. The van der Waals surface area contributed by atoms with Crippen molar-refractivity contribution in [1.29, 1.82) is 0 Å². The quantitative estimate of drug-likeness (QED) is 0.730. The normalized spacial score (nSPS) is 39.4. The van der Waals surface area contributed by atoms with Crippen molar-refractivity contribution in [2.75, 3.05) is 0 Å². The van der Waals surface area contributed by atoms with E-state index in [1.165, 1.54) is 0 Å². The van der Waals surface area contributed by atoms with Crippen molar-refractivity contribution in [3.8, 4) is 0 Å². The van der Waals surface area contributed by atoms with Crippen molar-refractivity contribution < 1.29 is 5.11 Å². The Labute approximate surface area is 96.8 Å². The Balaban J connectivity index is 2.63. The molecule has 3 atom stereocenters. The second kappa shape index (κ2) is 4.59. The highest BCUT2D eigenvalue weighted by atomic mass is 35.5. The van der Waals surface area contributed by atoms with Crippen LogP contribution in [0, 0.1) is 17.3 Å². The van der Waals surface area contributed by atoms with E-state index in [0.29, 0.717) is 11.8 Å². The SMILES string of the molecule is CC(C)[C@@H]1CC[C@@](C)(C(Cl)Cl)C[C@H]1O. The van der Waals surface area contributed by atoms with Crippen LogP contribution in [0.15, 0.2) is 0 Å². The van der Waals surface area contributed by atoms with Gasteiger partial charge in [-0.3, -0.25) is 0 Å². The zero-order chi connectivity index (χ0) is 10.9. The van der Waals surface area contributed by atoms with E-state index in [1.54, 1.807) is 0 Å². The Hall–Kier alpha value is 0.540. The van der Waals surface area contributed by atoms with Crippen LogP contribution in [0.4, 0.5) is 0 Å². The number of hydrogen-bond donors (Lipinski definition) is 1. The molecule has 0 aliphatic heterocycles. The highest BCUT2D eigenvalue weighted by molar-refractivity contribution is 6.44. The topological polar surface area (TPSA) is 20.2 Å². The molecule has 1 rings (SSSR count). The van der Waals surface area contributed by atoms with Crippen LogP contribution in [0.5, 0.6) is 0 Å². The van der Waals surface area contributed by atoms with Gasteiger partial charge in [0, 0.05) is 5.41 Å². The number of rotatable bonds is 2. The average Bonchev–Trinajstić information content (AvgIpc) is 2.02. The third-order valence-corrected chi connectivity index (χ3v) is 4.66. The first-order chi connectivity index (χ1) is 6.37. The summed E-state index contributed by atoms with van der Waals surface area (Å²) in [7, 11) is 0. The molecule has 84 valence electrons. The van der Waals surface area contributed by atoms with E-state index >= 15 is 0 Å². The van der Waals surface area contributed by atoms with Gasteiger partial charge in [-0.15, -0.1) is 23.2 Å². The highest BCUT2D eigenvalue weighted by Crippen LogP contribution is 2.46. The highest BCUT2D eigenvalue weighted by Gasteiger charge is 2.41. The van der Waals surface area contributed by atoms with Gasteiger partial charge in [0.25, 0.3) is 0 Å². The van der Waals surface area contributed by atoms with Crippen LogP contribution >= 0.6 is 23.2 Å². The van der Waals surface area contributed by atoms with E-state index in [0.717, 1.165) is 19.3 Å². The number of halogens is 2. The summed E-state index contributed by atoms with van der Waals surface area (Å²) in [4.78, 5) is -0.370. The van der Waals surface area contributed by atoms with Gasteiger partial charge in [0.2, 0.25) is 0 Å². The van der Waals surface area contributed by atoms with Crippen LogP contribution in [0.3, 0.4) is 0 Å². The minimum Gasteiger partial charge on any atom is -0.393 e. The Kier molecular flexibility index (Phi) is 4.13. The van der Waals surface area contributed by atoms with Gasteiger partial charge < -0.3 is 5.11 Å². The maximum Gasteiger partial charge on any atom is 0.113 e. The molecule has 1 saturated carbocycles. The first kappa shape index (κ1) is 12.6. The maximum atomic E-state index is 10.0. The first-order valence-corrected chi connectivity index (χ1v) is 6.20. The van der Waals surface area contributed by atoms with Gasteiger partial charge in [0.05, 0.1) is 6.10 Å². The van der Waals surface area contributed by atoms with Gasteiger partial charge >= 0.3 is 0 Å². The molecular weight excluding hydrogens is 219 g/mol. The van der Waals surface area contributed by atoms with Gasteiger partial charge in [-0.05, 0) is 31.1 Å². The summed E-state index contributed by atoms with van der Waals surface area (Å²) < 4.78 is 0. The van der Waals surface area contributed by atoms with E-state index in [4.69, 9.17) is 23.2 Å². The van der Waals surface area contributed by atoms with Crippen LogP contribution in [0.1, 0.15) is 40.0 Å². The van der Waals surface area contributed by atoms with Gasteiger partial charge in [-0.1, -0.05) is 20.8 Å². The van der Waals surface area contributed by atoms with Crippen molar-refractivity contribution >= 4 is 23.2 Å². The molecule has 0 unspecified atom stereocenters. The summed E-state index contributed by atoms with van der Waals surface area (Å²) in [6, 6.07) is 0. The lowest BCUT2D eigenvalue weighted by Crippen LogP contribution is -2.40. The van der Waals surface area contributed by atoms with Crippen LogP contribution in [0.25, 0.3) is 0 Å². The fourth-order valence-corrected chi connectivity index (χ4v) is 2.79. The van der Waals surface area contributed by atoms with Crippen molar-refractivity contribution in [3.63, 3.8) is 0 Å². The second-order valence-corrected chi connectivity index (χ2v) is 6.27.